The third-order valence-corrected chi connectivity index (χ3v) is 2.97. The lowest BCUT2D eigenvalue weighted by Gasteiger charge is -2.24. The number of nitrogens with zero attached hydrogens (tertiary/aromatic N) is 3. The molecule has 0 aromatic carbocycles. The number of amides is 1. The lowest BCUT2D eigenvalue weighted by molar-refractivity contribution is -0.147. The van der Waals surface area contributed by atoms with Crippen molar-refractivity contribution in [2.45, 2.75) is 31.8 Å². The van der Waals surface area contributed by atoms with Gasteiger partial charge in [-0.2, -0.15) is 5.10 Å². The van der Waals surface area contributed by atoms with Crippen LogP contribution in [0.3, 0.4) is 0 Å². The van der Waals surface area contributed by atoms with Gasteiger partial charge in [-0.05, 0) is 19.8 Å². The molecule has 1 heterocycles. The Morgan fingerprint density at radius 3 is 2.71 bits per heavy atom. The van der Waals surface area contributed by atoms with Crippen molar-refractivity contribution in [2.75, 3.05) is 0 Å². The van der Waals surface area contributed by atoms with Crippen LogP contribution in [0, 0.1) is 6.92 Å². The maximum absolute atomic E-state index is 11.4. The summed E-state index contributed by atoms with van der Waals surface area (Å²) < 4.78 is 1.57. The van der Waals surface area contributed by atoms with E-state index in [4.69, 9.17) is 0 Å². The van der Waals surface area contributed by atoms with Crippen molar-refractivity contribution >= 4 is 12.4 Å². The van der Waals surface area contributed by atoms with Gasteiger partial charge in [0.25, 0.3) is 0 Å². The van der Waals surface area contributed by atoms with Gasteiger partial charge in [0.15, 0.2) is 6.04 Å². The number of hydrogen-bond donors (Lipinski definition) is 1. The molecule has 1 atom stereocenters. The van der Waals surface area contributed by atoms with E-state index < -0.39 is 12.0 Å². The number of aryl methyl sites for hydroxylation is 2. The van der Waals surface area contributed by atoms with E-state index in [1.807, 2.05) is 0 Å². The van der Waals surface area contributed by atoms with E-state index in [9.17, 15) is 14.7 Å². The van der Waals surface area contributed by atoms with Crippen LogP contribution in [0.25, 0.3) is 0 Å². The number of aromatic nitrogens is 2. The Bertz CT molecular complexity index is 451. The molecule has 1 aliphatic carbocycles. The average Bonchev–Trinajstić information content (AvgIpc) is 3.01. The highest BCUT2D eigenvalue weighted by Gasteiger charge is 2.38. The number of hydrogen-bond acceptors (Lipinski definition) is 3. The molecule has 1 fully saturated rings. The average molecular weight is 237 g/mol. The number of aliphatic carboxylic acids is 1. The summed E-state index contributed by atoms with van der Waals surface area (Å²) in [5, 5.41) is 13.4. The zero-order valence-corrected chi connectivity index (χ0v) is 9.83. The Morgan fingerprint density at radius 2 is 2.35 bits per heavy atom. The molecule has 1 amide bonds. The summed E-state index contributed by atoms with van der Waals surface area (Å²) in [6.07, 6.45) is 4.04. The molecule has 6 nitrogen and oxygen atoms in total. The molecule has 0 aliphatic heterocycles. The Hall–Kier alpha value is -1.85. The highest BCUT2D eigenvalue weighted by molar-refractivity contribution is 5.78. The van der Waals surface area contributed by atoms with E-state index in [-0.39, 0.29) is 6.04 Å². The number of carbonyl (C=O) groups excluding carboxylic acids is 1. The highest BCUT2D eigenvalue weighted by Crippen LogP contribution is 2.34. The zero-order chi connectivity index (χ0) is 12.6. The minimum atomic E-state index is -1.01. The normalized spacial score (nSPS) is 16.6. The fourth-order valence-electron chi connectivity index (χ4n) is 2.04. The molecule has 1 aromatic heterocycles. The third-order valence-electron chi connectivity index (χ3n) is 2.97. The van der Waals surface area contributed by atoms with Gasteiger partial charge in [0, 0.05) is 24.8 Å². The third kappa shape index (κ3) is 2.15. The van der Waals surface area contributed by atoms with Crippen molar-refractivity contribution in [2.24, 2.45) is 7.05 Å². The van der Waals surface area contributed by atoms with Crippen LogP contribution in [0.4, 0.5) is 0 Å². The first-order valence-corrected chi connectivity index (χ1v) is 5.50. The standard InChI is InChI=1S/C11H15N3O3/c1-7-9(5-13(2)12-7)10(11(16)17)14(6-15)8-3-4-8/h5-6,8,10H,3-4H2,1-2H3,(H,16,17). The summed E-state index contributed by atoms with van der Waals surface area (Å²) in [5.41, 5.74) is 1.23. The van der Waals surface area contributed by atoms with E-state index in [1.54, 1.807) is 24.9 Å². The van der Waals surface area contributed by atoms with E-state index in [0.29, 0.717) is 17.7 Å². The van der Waals surface area contributed by atoms with Gasteiger partial charge in [-0.25, -0.2) is 4.79 Å². The maximum Gasteiger partial charge on any atom is 0.331 e. The molecule has 1 aliphatic rings. The summed E-state index contributed by atoms with van der Waals surface area (Å²) in [5.74, 6) is -1.01. The van der Waals surface area contributed by atoms with Crippen LogP contribution in [0.5, 0.6) is 0 Å². The van der Waals surface area contributed by atoms with E-state index in [0.717, 1.165) is 12.8 Å². The Morgan fingerprint density at radius 1 is 1.71 bits per heavy atom. The van der Waals surface area contributed by atoms with Gasteiger partial charge < -0.3 is 10.0 Å². The van der Waals surface area contributed by atoms with Gasteiger partial charge in [0.1, 0.15) is 0 Å². The van der Waals surface area contributed by atoms with Crippen LogP contribution in [0.1, 0.15) is 30.1 Å². The van der Waals surface area contributed by atoms with Crippen molar-refractivity contribution in [3.8, 4) is 0 Å². The second-order valence-corrected chi connectivity index (χ2v) is 4.37. The Balaban J connectivity index is 2.37. The van der Waals surface area contributed by atoms with E-state index in [2.05, 4.69) is 5.10 Å². The molecule has 17 heavy (non-hydrogen) atoms. The molecule has 1 aromatic rings. The lowest BCUT2D eigenvalue weighted by Crippen LogP contribution is -2.35. The van der Waals surface area contributed by atoms with Crippen molar-refractivity contribution in [3.05, 3.63) is 17.5 Å². The molecule has 1 unspecified atom stereocenters. The molecule has 0 bridgehead atoms. The van der Waals surface area contributed by atoms with Crippen LogP contribution >= 0.6 is 0 Å². The Kier molecular flexibility index (Phi) is 2.87. The van der Waals surface area contributed by atoms with Crippen LogP contribution in [0.2, 0.25) is 0 Å². The predicted molar refractivity (Wildman–Crippen MR) is 59.2 cm³/mol. The van der Waals surface area contributed by atoms with Gasteiger partial charge in [0.2, 0.25) is 6.41 Å². The summed E-state index contributed by atoms with van der Waals surface area (Å²) in [6, 6.07) is -0.859. The fraction of sp³-hybridized carbons (Fsp3) is 0.545. The number of carboxylic acid groups (broad SMARTS) is 1. The minimum Gasteiger partial charge on any atom is -0.479 e. The topological polar surface area (TPSA) is 75.4 Å². The molecule has 0 saturated heterocycles. The quantitative estimate of drug-likeness (QED) is 0.755. The monoisotopic (exact) mass is 237 g/mol. The first-order chi connectivity index (χ1) is 8.04. The van der Waals surface area contributed by atoms with Gasteiger partial charge in [-0.1, -0.05) is 0 Å². The molecule has 92 valence electrons. The summed E-state index contributed by atoms with van der Waals surface area (Å²) >= 11 is 0. The molecule has 1 N–H and O–H groups in total. The predicted octanol–water partition coefficient (Wildman–Crippen LogP) is 0.475. The van der Waals surface area contributed by atoms with Crippen LogP contribution in [0.15, 0.2) is 6.20 Å². The SMILES string of the molecule is Cc1nn(C)cc1C(C(=O)O)N(C=O)C1CC1. The van der Waals surface area contributed by atoms with E-state index >= 15 is 0 Å². The highest BCUT2D eigenvalue weighted by atomic mass is 16.4. The molecule has 0 radical (unpaired) electrons. The first-order valence-electron chi connectivity index (χ1n) is 5.50. The van der Waals surface area contributed by atoms with Gasteiger partial charge in [0.05, 0.1) is 5.69 Å². The van der Waals surface area contributed by atoms with Gasteiger partial charge in [-0.3, -0.25) is 9.48 Å². The maximum atomic E-state index is 11.4. The van der Waals surface area contributed by atoms with Crippen molar-refractivity contribution in [1.29, 1.82) is 0 Å². The largest absolute Gasteiger partial charge is 0.479 e. The van der Waals surface area contributed by atoms with Crippen molar-refractivity contribution < 1.29 is 14.7 Å². The second kappa shape index (κ2) is 4.20. The number of carbonyl (C=O) groups is 2. The lowest BCUT2D eigenvalue weighted by atomic mass is 10.1. The molecule has 1 saturated carbocycles. The van der Waals surface area contributed by atoms with Gasteiger partial charge in [-0.15, -0.1) is 0 Å². The second-order valence-electron chi connectivity index (χ2n) is 4.37. The smallest absolute Gasteiger partial charge is 0.331 e. The summed E-state index contributed by atoms with van der Waals surface area (Å²) in [6.45, 7) is 1.75. The number of rotatable bonds is 5. The number of carboxylic acids is 1. The minimum absolute atomic E-state index is 0.0632. The summed E-state index contributed by atoms with van der Waals surface area (Å²) in [7, 11) is 1.73. The van der Waals surface area contributed by atoms with Crippen molar-refractivity contribution in [1.82, 2.24) is 14.7 Å². The molecule has 0 spiro atoms. The molecule has 6 heteroatoms. The molecule has 2 rings (SSSR count). The van der Waals surface area contributed by atoms with Crippen molar-refractivity contribution in [3.63, 3.8) is 0 Å². The first kappa shape index (κ1) is 11.6. The van der Waals surface area contributed by atoms with Gasteiger partial charge >= 0.3 is 5.97 Å². The van der Waals surface area contributed by atoms with Crippen LogP contribution in [-0.2, 0) is 16.6 Å². The van der Waals surface area contributed by atoms with E-state index in [1.165, 1.54) is 4.90 Å². The van der Waals surface area contributed by atoms with Crippen LogP contribution < -0.4 is 0 Å². The molecular formula is C11H15N3O3. The fourth-order valence-corrected chi connectivity index (χ4v) is 2.04. The summed E-state index contributed by atoms with van der Waals surface area (Å²) in [4.78, 5) is 23.8. The Labute approximate surface area is 98.8 Å². The van der Waals surface area contributed by atoms with Crippen LogP contribution in [-0.4, -0.2) is 38.2 Å². The molecular weight excluding hydrogens is 222 g/mol. The zero-order valence-electron chi connectivity index (χ0n) is 9.83.